The Balaban J connectivity index is 2.72. The molecule has 5 heteroatoms. The molecule has 0 radical (unpaired) electrons. The molecule has 0 aromatic carbocycles. The first-order valence-corrected chi connectivity index (χ1v) is 3.13. The van der Waals surface area contributed by atoms with Gasteiger partial charge in [0, 0.05) is 12.2 Å². The summed E-state index contributed by atoms with van der Waals surface area (Å²) in [6.07, 6.45) is 6.91. The summed E-state index contributed by atoms with van der Waals surface area (Å²) in [6.45, 7) is 0. The third kappa shape index (κ3) is 2.30. The second kappa shape index (κ2) is 3.07. The summed E-state index contributed by atoms with van der Waals surface area (Å²) in [7, 11) is 1.93. The molecule has 0 spiro atoms. The molecule has 0 atom stereocenters. The minimum atomic E-state index is -0.454. The predicted octanol–water partition coefficient (Wildman–Crippen LogP) is -0.934. The lowest BCUT2D eigenvalue weighted by molar-refractivity contribution is -0.796. The van der Waals surface area contributed by atoms with E-state index in [1.54, 1.807) is 12.2 Å². The molecule has 1 aliphatic rings. The van der Waals surface area contributed by atoms with Gasteiger partial charge >= 0.3 is 5.03 Å². The van der Waals surface area contributed by atoms with E-state index in [0.29, 0.717) is 5.71 Å². The average Bonchev–Trinajstić information content (AvgIpc) is 1.93. The fourth-order valence-corrected chi connectivity index (χ4v) is 0.710. The number of hydrogen-bond donors (Lipinski definition) is 2. The molecule has 58 valence electrons. The van der Waals surface area contributed by atoms with Gasteiger partial charge in [0.2, 0.25) is 0 Å². The standard InChI is InChI=1S/C6H8N3O2/c1-8-4-2-6(3-5-8)7-9(10)11/h2-5H,1H3,(H,10,11)/q+1/p+1. The lowest BCUT2D eigenvalue weighted by Crippen LogP contribution is -2.99. The highest BCUT2D eigenvalue weighted by atomic mass is 16.7. The summed E-state index contributed by atoms with van der Waals surface area (Å²) >= 11 is 0. The molecule has 11 heavy (non-hydrogen) atoms. The molecule has 0 aliphatic carbocycles. The van der Waals surface area contributed by atoms with Gasteiger partial charge in [0.25, 0.3) is 0 Å². The number of rotatable bonds is 1. The van der Waals surface area contributed by atoms with Gasteiger partial charge < -0.3 is 0 Å². The van der Waals surface area contributed by atoms with Crippen LogP contribution in [-0.2, 0) is 0 Å². The van der Waals surface area contributed by atoms with Crippen LogP contribution in [0.1, 0.15) is 0 Å². The Labute approximate surface area is 63.5 Å². The number of hydrazone groups is 1. The SMILES string of the molecule is C[NH+]1C=CC(=N[N+](=O)O)C=C1. The Morgan fingerprint density at radius 3 is 2.55 bits per heavy atom. The van der Waals surface area contributed by atoms with Crippen LogP contribution < -0.4 is 4.90 Å². The minimum absolute atomic E-state index is 0.438. The molecule has 0 amide bonds. The Bertz CT molecular complexity index is 239. The zero-order valence-electron chi connectivity index (χ0n) is 6.06. The molecule has 1 rings (SSSR count). The molecule has 5 nitrogen and oxygen atoms in total. The predicted molar refractivity (Wildman–Crippen MR) is 38.0 cm³/mol. The highest BCUT2D eigenvalue weighted by Crippen LogP contribution is 1.86. The summed E-state index contributed by atoms with van der Waals surface area (Å²) < 4.78 is 0. The second-order valence-electron chi connectivity index (χ2n) is 2.19. The summed E-state index contributed by atoms with van der Waals surface area (Å²) in [5.41, 5.74) is 0.438. The third-order valence-electron chi connectivity index (χ3n) is 1.23. The van der Waals surface area contributed by atoms with Crippen molar-refractivity contribution in [3.05, 3.63) is 29.5 Å². The molecule has 0 saturated heterocycles. The Morgan fingerprint density at radius 2 is 2.09 bits per heavy atom. The van der Waals surface area contributed by atoms with E-state index in [1.807, 2.05) is 19.4 Å². The normalized spacial score (nSPS) is 21.9. The molecule has 1 aliphatic heterocycles. The van der Waals surface area contributed by atoms with Crippen LogP contribution in [0.5, 0.6) is 0 Å². The van der Waals surface area contributed by atoms with Crippen molar-refractivity contribution in [1.29, 1.82) is 0 Å². The molecule has 0 aromatic heterocycles. The molecular weight excluding hydrogens is 146 g/mol. The second-order valence-corrected chi connectivity index (χ2v) is 2.19. The van der Waals surface area contributed by atoms with Gasteiger partial charge in [-0.1, -0.05) is 0 Å². The molecule has 0 bridgehead atoms. The molecule has 0 saturated carbocycles. The van der Waals surface area contributed by atoms with Crippen molar-refractivity contribution < 1.29 is 15.1 Å². The van der Waals surface area contributed by atoms with Crippen LogP contribution in [0, 0.1) is 4.91 Å². The molecule has 0 unspecified atom stereocenters. The van der Waals surface area contributed by atoms with Gasteiger partial charge in [-0.2, -0.15) is 0 Å². The smallest absolute Gasteiger partial charge is 0.285 e. The summed E-state index contributed by atoms with van der Waals surface area (Å²) in [4.78, 5) is 11.1. The molecule has 2 N–H and O–H groups in total. The van der Waals surface area contributed by atoms with Gasteiger partial charge in [-0.05, 0) is 0 Å². The number of hydrogen-bond acceptors (Lipinski definition) is 1. The van der Waals surface area contributed by atoms with E-state index in [1.165, 1.54) is 0 Å². The van der Waals surface area contributed by atoms with E-state index in [-0.39, 0.29) is 0 Å². The van der Waals surface area contributed by atoms with Crippen LogP contribution in [0.3, 0.4) is 0 Å². The lowest BCUT2D eigenvalue weighted by atomic mass is 10.3. The molecule has 1 heterocycles. The van der Waals surface area contributed by atoms with Crippen molar-refractivity contribution in [1.82, 2.24) is 0 Å². The van der Waals surface area contributed by atoms with E-state index in [0.717, 1.165) is 4.90 Å². The van der Waals surface area contributed by atoms with Crippen LogP contribution >= 0.6 is 0 Å². The highest BCUT2D eigenvalue weighted by molar-refractivity contribution is 6.03. The Morgan fingerprint density at radius 1 is 1.55 bits per heavy atom. The van der Waals surface area contributed by atoms with Crippen LogP contribution in [0.4, 0.5) is 0 Å². The lowest BCUT2D eigenvalue weighted by Gasteiger charge is -2.02. The van der Waals surface area contributed by atoms with Gasteiger partial charge in [-0.25, -0.2) is 5.21 Å². The van der Waals surface area contributed by atoms with Crippen LogP contribution in [-0.4, -0.2) is 23.0 Å². The van der Waals surface area contributed by atoms with E-state index in [2.05, 4.69) is 5.10 Å². The van der Waals surface area contributed by atoms with Crippen molar-refractivity contribution in [2.75, 3.05) is 7.05 Å². The van der Waals surface area contributed by atoms with Crippen molar-refractivity contribution in [3.63, 3.8) is 0 Å². The average molecular weight is 155 g/mol. The van der Waals surface area contributed by atoms with Gasteiger partial charge in [0.05, 0.1) is 7.05 Å². The van der Waals surface area contributed by atoms with Crippen molar-refractivity contribution >= 4 is 5.71 Å². The number of allylic oxidation sites excluding steroid dienone is 2. The van der Waals surface area contributed by atoms with Crippen molar-refractivity contribution in [2.24, 2.45) is 5.10 Å². The van der Waals surface area contributed by atoms with Crippen LogP contribution in [0.25, 0.3) is 0 Å². The van der Waals surface area contributed by atoms with Gasteiger partial charge in [-0.15, -0.1) is 0 Å². The van der Waals surface area contributed by atoms with E-state index < -0.39 is 5.03 Å². The van der Waals surface area contributed by atoms with Gasteiger partial charge in [0.1, 0.15) is 22.4 Å². The zero-order valence-corrected chi connectivity index (χ0v) is 6.06. The van der Waals surface area contributed by atoms with Crippen LogP contribution in [0.2, 0.25) is 0 Å². The maximum absolute atomic E-state index is 10.0. The van der Waals surface area contributed by atoms with Crippen molar-refractivity contribution in [3.8, 4) is 0 Å². The zero-order chi connectivity index (χ0) is 8.27. The first kappa shape index (κ1) is 7.62. The topological polar surface area (TPSA) is 57.1 Å². The Kier molecular flexibility index (Phi) is 2.12. The van der Waals surface area contributed by atoms with E-state index in [9.17, 15) is 4.91 Å². The highest BCUT2D eigenvalue weighted by Gasteiger charge is 2.07. The fraction of sp³-hybridized carbons (Fsp3) is 0.167. The summed E-state index contributed by atoms with van der Waals surface area (Å²) in [6, 6.07) is 0. The summed E-state index contributed by atoms with van der Waals surface area (Å²) in [5, 5.41) is 11.0. The molecular formula is C6H9N3O2+2. The molecule has 0 aromatic rings. The largest absolute Gasteiger partial charge is 0.388 e. The number of nitrogens with one attached hydrogen (secondary N) is 1. The maximum atomic E-state index is 10.0. The van der Waals surface area contributed by atoms with Crippen molar-refractivity contribution in [2.45, 2.75) is 0 Å². The van der Waals surface area contributed by atoms with E-state index in [4.69, 9.17) is 5.21 Å². The fourth-order valence-electron chi connectivity index (χ4n) is 0.710. The van der Waals surface area contributed by atoms with E-state index >= 15 is 0 Å². The number of nitrogens with zero attached hydrogens (tertiary/aromatic N) is 2. The molecule has 0 fully saturated rings. The first-order valence-electron chi connectivity index (χ1n) is 3.13. The first-order chi connectivity index (χ1) is 5.18. The number of quaternary nitrogens is 1. The maximum Gasteiger partial charge on any atom is 0.388 e. The van der Waals surface area contributed by atoms with Gasteiger partial charge in [0.15, 0.2) is 5.71 Å². The quantitative estimate of drug-likeness (QED) is 0.480. The third-order valence-corrected chi connectivity index (χ3v) is 1.23. The summed E-state index contributed by atoms with van der Waals surface area (Å²) in [5.74, 6) is 0. The van der Waals surface area contributed by atoms with Crippen LogP contribution in [0.15, 0.2) is 29.7 Å². The Hall–Kier alpha value is -1.49. The van der Waals surface area contributed by atoms with Gasteiger partial charge in [-0.3, -0.25) is 4.90 Å². The minimum Gasteiger partial charge on any atom is -0.285 e. The monoisotopic (exact) mass is 155 g/mol.